The molecule has 2 rings (SSSR count). The topological polar surface area (TPSA) is 75.7 Å². The molecule has 0 spiro atoms. The lowest BCUT2D eigenvalue weighted by molar-refractivity contribution is -0.116. The monoisotopic (exact) mass is 340 g/mol. The smallest absolute Gasteiger partial charge is 0.243 e. The Labute approximate surface area is 137 Å². The summed E-state index contributed by atoms with van der Waals surface area (Å²) in [4.78, 5) is 12.0. The van der Waals surface area contributed by atoms with Crippen molar-refractivity contribution in [3.05, 3.63) is 24.3 Å². The molecule has 6 nitrogen and oxygen atoms in total. The van der Waals surface area contributed by atoms with Crippen molar-refractivity contribution in [1.29, 1.82) is 0 Å². The first-order chi connectivity index (χ1) is 10.8. The summed E-state index contributed by atoms with van der Waals surface area (Å²) < 4.78 is 32.0. The molecular formula is C16H24N2O4S. The molecule has 1 aliphatic rings. The number of nitrogens with one attached hydrogen (secondary N) is 1. The Bertz CT molecular complexity index is 641. The van der Waals surface area contributed by atoms with Crippen LogP contribution < -0.4 is 5.32 Å². The van der Waals surface area contributed by atoms with Gasteiger partial charge in [0, 0.05) is 25.2 Å². The Morgan fingerprint density at radius 1 is 1.35 bits per heavy atom. The summed E-state index contributed by atoms with van der Waals surface area (Å²) in [5.41, 5.74) is 0.602. The first-order valence-electron chi connectivity index (χ1n) is 7.80. The number of amides is 1. The van der Waals surface area contributed by atoms with Gasteiger partial charge in [-0.1, -0.05) is 13.8 Å². The Morgan fingerprint density at radius 2 is 2.00 bits per heavy atom. The molecule has 0 aromatic heterocycles. The average molecular weight is 340 g/mol. The fourth-order valence-electron chi connectivity index (χ4n) is 2.45. The second-order valence-corrected chi connectivity index (χ2v) is 8.15. The molecule has 1 saturated heterocycles. The molecular weight excluding hydrogens is 316 g/mol. The molecule has 0 radical (unpaired) electrons. The summed E-state index contributed by atoms with van der Waals surface area (Å²) in [6.07, 6.45) is 0.333. The van der Waals surface area contributed by atoms with E-state index in [0.717, 1.165) is 0 Å². The summed E-state index contributed by atoms with van der Waals surface area (Å²) in [6, 6.07) is 6.30. The van der Waals surface area contributed by atoms with Crippen LogP contribution in [0.2, 0.25) is 0 Å². The molecule has 1 fully saturated rings. The maximum atomic E-state index is 12.6. The quantitative estimate of drug-likeness (QED) is 0.890. The molecule has 1 aromatic rings. The third kappa shape index (κ3) is 4.76. The molecule has 1 atom stereocenters. The van der Waals surface area contributed by atoms with Gasteiger partial charge in [-0.15, -0.1) is 0 Å². The molecule has 1 N–H and O–H groups in total. The van der Waals surface area contributed by atoms with Gasteiger partial charge in [0.2, 0.25) is 15.9 Å². The van der Waals surface area contributed by atoms with E-state index in [1.165, 1.54) is 16.4 Å². The van der Waals surface area contributed by atoms with Crippen LogP contribution >= 0.6 is 0 Å². The van der Waals surface area contributed by atoms with Crippen molar-refractivity contribution in [2.45, 2.75) is 38.2 Å². The number of nitrogens with zero attached hydrogens (tertiary/aromatic N) is 1. The van der Waals surface area contributed by atoms with E-state index in [2.05, 4.69) is 5.32 Å². The van der Waals surface area contributed by atoms with Crippen LogP contribution in [-0.4, -0.2) is 44.4 Å². The summed E-state index contributed by atoms with van der Waals surface area (Å²) in [6.45, 7) is 6.92. The first kappa shape index (κ1) is 17.9. The molecule has 23 heavy (non-hydrogen) atoms. The van der Waals surface area contributed by atoms with Crippen LogP contribution in [0.15, 0.2) is 29.2 Å². The first-order valence-corrected chi connectivity index (χ1v) is 9.24. The van der Waals surface area contributed by atoms with Gasteiger partial charge < -0.3 is 10.1 Å². The van der Waals surface area contributed by atoms with Crippen LogP contribution in [0, 0.1) is 5.92 Å². The second kappa shape index (κ2) is 7.42. The number of morpholine rings is 1. The number of carbonyl (C=O) groups is 1. The van der Waals surface area contributed by atoms with E-state index in [9.17, 15) is 13.2 Å². The lowest BCUT2D eigenvalue weighted by Crippen LogP contribution is -2.44. The van der Waals surface area contributed by atoms with Gasteiger partial charge in [0.05, 0.1) is 17.6 Å². The van der Waals surface area contributed by atoms with Gasteiger partial charge in [-0.25, -0.2) is 8.42 Å². The molecule has 128 valence electrons. The fraction of sp³-hybridized carbons (Fsp3) is 0.562. The zero-order valence-corrected chi connectivity index (χ0v) is 14.6. The van der Waals surface area contributed by atoms with Crippen molar-refractivity contribution in [1.82, 2.24) is 4.31 Å². The minimum atomic E-state index is -3.52. The van der Waals surface area contributed by atoms with Gasteiger partial charge in [-0.05, 0) is 37.1 Å². The SMILES string of the molecule is CC(C)CC(=O)Nc1ccc(S(=O)(=O)N2CCOC(C)C2)cc1. The molecule has 0 bridgehead atoms. The van der Waals surface area contributed by atoms with Crippen LogP contribution in [0.5, 0.6) is 0 Å². The molecule has 1 aliphatic heterocycles. The number of sulfonamides is 1. The molecule has 7 heteroatoms. The predicted molar refractivity (Wildman–Crippen MR) is 88.7 cm³/mol. The summed E-state index contributed by atoms with van der Waals surface area (Å²) in [7, 11) is -3.52. The van der Waals surface area contributed by atoms with Gasteiger partial charge in [0.25, 0.3) is 0 Å². The highest BCUT2D eigenvalue weighted by Crippen LogP contribution is 2.21. The van der Waals surface area contributed by atoms with Gasteiger partial charge >= 0.3 is 0 Å². The number of benzene rings is 1. The van der Waals surface area contributed by atoms with Gasteiger partial charge in [0.1, 0.15) is 0 Å². The van der Waals surface area contributed by atoms with Crippen LogP contribution in [0.4, 0.5) is 5.69 Å². The molecule has 0 aliphatic carbocycles. The highest BCUT2D eigenvalue weighted by Gasteiger charge is 2.28. The summed E-state index contributed by atoms with van der Waals surface area (Å²) in [5, 5.41) is 2.77. The van der Waals surface area contributed by atoms with Crippen LogP contribution in [-0.2, 0) is 19.6 Å². The number of ether oxygens (including phenoxy) is 1. The van der Waals surface area contributed by atoms with Crippen LogP contribution in [0.3, 0.4) is 0 Å². The maximum absolute atomic E-state index is 12.6. The Morgan fingerprint density at radius 3 is 2.57 bits per heavy atom. The summed E-state index contributed by atoms with van der Waals surface area (Å²) in [5.74, 6) is 0.204. The standard InChI is InChI=1S/C16H24N2O4S/c1-12(2)10-16(19)17-14-4-6-15(7-5-14)23(20,21)18-8-9-22-13(3)11-18/h4-7,12-13H,8-11H2,1-3H3,(H,17,19). The Kier molecular flexibility index (Phi) is 5.78. The van der Waals surface area contributed by atoms with E-state index < -0.39 is 10.0 Å². The van der Waals surface area contributed by atoms with Crippen molar-refractivity contribution in [2.75, 3.05) is 25.0 Å². The zero-order valence-electron chi connectivity index (χ0n) is 13.8. The van der Waals surface area contributed by atoms with Gasteiger partial charge in [-0.3, -0.25) is 4.79 Å². The lowest BCUT2D eigenvalue weighted by Gasteiger charge is -2.30. The second-order valence-electron chi connectivity index (χ2n) is 6.21. The number of anilines is 1. The third-order valence-corrected chi connectivity index (χ3v) is 5.45. The van der Waals surface area contributed by atoms with Crippen molar-refractivity contribution >= 4 is 21.6 Å². The van der Waals surface area contributed by atoms with E-state index in [1.807, 2.05) is 20.8 Å². The van der Waals surface area contributed by atoms with E-state index in [1.54, 1.807) is 12.1 Å². The largest absolute Gasteiger partial charge is 0.376 e. The molecule has 1 unspecified atom stereocenters. The summed E-state index contributed by atoms with van der Waals surface area (Å²) >= 11 is 0. The van der Waals surface area contributed by atoms with Crippen molar-refractivity contribution in [3.63, 3.8) is 0 Å². The van der Waals surface area contributed by atoms with E-state index in [0.29, 0.717) is 31.8 Å². The number of carbonyl (C=O) groups excluding carboxylic acids is 1. The Hall–Kier alpha value is -1.44. The fourth-order valence-corrected chi connectivity index (χ4v) is 3.95. The predicted octanol–water partition coefficient (Wildman–Crippen LogP) is 2.08. The third-order valence-electron chi connectivity index (χ3n) is 3.57. The van der Waals surface area contributed by atoms with Crippen molar-refractivity contribution in [3.8, 4) is 0 Å². The van der Waals surface area contributed by atoms with E-state index in [-0.39, 0.29) is 22.8 Å². The van der Waals surface area contributed by atoms with E-state index >= 15 is 0 Å². The highest BCUT2D eigenvalue weighted by atomic mass is 32.2. The molecule has 1 heterocycles. The van der Waals surface area contributed by atoms with Crippen LogP contribution in [0.1, 0.15) is 27.2 Å². The van der Waals surface area contributed by atoms with E-state index in [4.69, 9.17) is 4.74 Å². The lowest BCUT2D eigenvalue weighted by atomic mass is 10.1. The maximum Gasteiger partial charge on any atom is 0.243 e. The average Bonchev–Trinajstić information content (AvgIpc) is 2.47. The molecule has 0 saturated carbocycles. The number of hydrogen-bond donors (Lipinski definition) is 1. The highest BCUT2D eigenvalue weighted by molar-refractivity contribution is 7.89. The minimum absolute atomic E-state index is 0.0717. The minimum Gasteiger partial charge on any atom is -0.376 e. The van der Waals surface area contributed by atoms with Crippen molar-refractivity contribution in [2.24, 2.45) is 5.92 Å². The molecule has 1 amide bonds. The van der Waals surface area contributed by atoms with Crippen molar-refractivity contribution < 1.29 is 17.9 Å². The Balaban J connectivity index is 2.07. The van der Waals surface area contributed by atoms with Gasteiger partial charge in [0.15, 0.2) is 0 Å². The number of rotatable bonds is 5. The normalized spacial score (nSPS) is 19.7. The van der Waals surface area contributed by atoms with Gasteiger partial charge in [-0.2, -0.15) is 4.31 Å². The number of hydrogen-bond acceptors (Lipinski definition) is 4. The zero-order chi connectivity index (χ0) is 17.0. The molecule has 1 aromatic carbocycles. The van der Waals surface area contributed by atoms with Crippen LogP contribution in [0.25, 0.3) is 0 Å².